The van der Waals surface area contributed by atoms with Crippen LogP contribution < -0.4 is 14.4 Å². The lowest BCUT2D eigenvalue weighted by molar-refractivity contribution is 0.313. The van der Waals surface area contributed by atoms with Gasteiger partial charge in [0.25, 0.3) is 0 Å². The van der Waals surface area contributed by atoms with Gasteiger partial charge in [-0.1, -0.05) is 39.1 Å². The summed E-state index contributed by atoms with van der Waals surface area (Å²) >= 11 is 15.3. The number of pyridine rings is 2. The quantitative estimate of drug-likeness (QED) is 0.184. The van der Waals surface area contributed by atoms with Crippen molar-refractivity contribution in [3.63, 3.8) is 0 Å². The van der Waals surface area contributed by atoms with Gasteiger partial charge in [0.1, 0.15) is 21.8 Å². The Morgan fingerprint density at radius 1 is 0.705 bits per heavy atom. The Morgan fingerprint density at radius 3 is 1.77 bits per heavy atom. The van der Waals surface area contributed by atoms with E-state index in [9.17, 15) is 0 Å². The number of hydrogen-bond donors (Lipinski definition) is 2. The first kappa shape index (κ1) is 30.1. The number of H-pyrrole nitrogens is 2. The Hall–Kier alpha value is -3.90. The topological polar surface area (TPSA) is 108 Å². The third-order valence-corrected chi connectivity index (χ3v) is 8.43. The summed E-state index contributed by atoms with van der Waals surface area (Å²) in [4.78, 5) is 13.2. The Balaban J connectivity index is 0.000000162. The normalized spacial score (nSPS) is 13.6. The molecule has 0 bridgehead atoms. The van der Waals surface area contributed by atoms with Gasteiger partial charge in [0, 0.05) is 58.2 Å². The number of hydrogen-bond acceptors (Lipinski definition) is 8. The van der Waals surface area contributed by atoms with Crippen molar-refractivity contribution in [2.24, 2.45) is 0 Å². The van der Waals surface area contributed by atoms with Gasteiger partial charge in [0.05, 0.1) is 25.6 Å². The number of nitrogens with one attached hydrogen (secondary N) is 2. The van der Waals surface area contributed by atoms with Crippen molar-refractivity contribution >= 4 is 66.9 Å². The maximum absolute atomic E-state index is 5.97. The summed E-state index contributed by atoms with van der Waals surface area (Å²) in [6.45, 7) is 4.17. The molecule has 0 aliphatic carbocycles. The minimum atomic E-state index is 0.423. The second-order valence-corrected chi connectivity index (χ2v) is 11.9. The number of anilines is 1. The number of benzene rings is 2. The summed E-state index contributed by atoms with van der Waals surface area (Å²) < 4.78 is 11.9. The number of methoxy groups -OCH3 is 2. The Morgan fingerprint density at radius 2 is 1.23 bits per heavy atom. The first-order valence-corrected chi connectivity index (χ1v) is 15.4. The van der Waals surface area contributed by atoms with Crippen molar-refractivity contribution in [2.45, 2.75) is 0 Å². The SMILES string of the molecule is COc1ccc(Br)cc1-c1[nH]nc2nc(Cl)ccc12.COc1ccc(N2CCN(C)CC2)cc1-c1[nH]nc2nc(Cl)ccc12. The summed E-state index contributed by atoms with van der Waals surface area (Å²) in [7, 11) is 5.48. The van der Waals surface area contributed by atoms with E-state index in [1.54, 1.807) is 26.4 Å². The highest BCUT2D eigenvalue weighted by Crippen LogP contribution is 2.37. The van der Waals surface area contributed by atoms with E-state index in [1.807, 2.05) is 36.4 Å². The molecule has 226 valence electrons. The third-order valence-electron chi connectivity index (χ3n) is 7.52. The zero-order valence-corrected chi connectivity index (χ0v) is 27.3. The number of piperazine rings is 1. The molecule has 0 saturated carbocycles. The van der Waals surface area contributed by atoms with Gasteiger partial charge < -0.3 is 19.3 Å². The van der Waals surface area contributed by atoms with Gasteiger partial charge in [-0.25, -0.2) is 9.97 Å². The van der Waals surface area contributed by atoms with Crippen LogP contribution in [0.25, 0.3) is 44.6 Å². The van der Waals surface area contributed by atoms with Gasteiger partial charge in [-0.3, -0.25) is 10.2 Å². The summed E-state index contributed by atoms with van der Waals surface area (Å²) in [6.07, 6.45) is 0. The summed E-state index contributed by atoms with van der Waals surface area (Å²) in [5, 5.41) is 17.2. The van der Waals surface area contributed by atoms with Crippen molar-refractivity contribution in [3.05, 3.63) is 75.4 Å². The van der Waals surface area contributed by atoms with Crippen molar-refractivity contribution in [3.8, 4) is 34.0 Å². The second-order valence-electron chi connectivity index (χ2n) is 10.2. The van der Waals surface area contributed by atoms with Crippen LogP contribution in [0.15, 0.2) is 65.1 Å². The van der Waals surface area contributed by atoms with Crippen LogP contribution in [0.2, 0.25) is 10.3 Å². The molecule has 6 aromatic rings. The van der Waals surface area contributed by atoms with Gasteiger partial charge in [-0.15, -0.1) is 0 Å². The lowest BCUT2D eigenvalue weighted by Crippen LogP contribution is -2.44. The Kier molecular flexibility index (Phi) is 8.90. The van der Waals surface area contributed by atoms with Gasteiger partial charge in [0.2, 0.25) is 0 Å². The first-order valence-electron chi connectivity index (χ1n) is 13.8. The number of rotatable bonds is 5. The van der Waals surface area contributed by atoms with Crippen LogP contribution in [0, 0.1) is 0 Å². The Bertz CT molecular complexity index is 1940. The molecule has 0 unspecified atom stereocenters. The van der Waals surface area contributed by atoms with E-state index in [1.165, 1.54) is 5.69 Å². The molecular formula is C31H29BrCl2N8O2. The van der Waals surface area contributed by atoms with E-state index in [4.69, 9.17) is 32.7 Å². The molecule has 7 rings (SSSR count). The first-order chi connectivity index (χ1) is 21.3. The minimum absolute atomic E-state index is 0.423. The number of likely N-dealkylation sites (N-methyl/N-ethyl adjacent to an activating group) is 1. The van der Waals surface area contributed by atoms with Crippen LogP contribution in [0.1, 0.15) is 0 Å². The smallest absolute Gasteiger partial charge is 0.182 e. The van der Waals surface area contributed by atoms with E-state index in [0.717, 1.165) is 75.4 Å². The van der Waals surface area contributed by atoms with E-state index < -0.39 is 0 Å². The van der Waals surface area contributed by atoms with Crippen LogP contribution in [0.4, 0.5) is 5.69 Å². The molecule has 0 amide bonds. The number of halogens is 3. The molecule has 10 nitrogen and oxygen atoms in total. The summed E-state index contributed by atoms with van der Waals surface area (Å²) in [5.74, 6) is 1.57. The highest BCUT2D eigenvalue weighted by molar-refractivity contribution is 9.10. The fourth-order valence-corrected chi connectivity index (χ4v) is 5.84. The highest BCUT2D eigenvalue weighted by atomic mass is 79.9. The standard InChI is InChI=1S/C18H20ClN5O.C13H9BrClN3O/c1-23-7-9-24(10-8-23)12-3-5-15(25-2)14(11-12)17-13-4-6-16(19)20-18(13)22-21-17;1-19-10-4-2-7(14)6-9(10)12-8-3-5-11(15)16-13(8)18-17-12/h3-6,11H,7-10H2,1-2H3,(H,20,21,22);2-6H,1H3,(H,16,17,18). The molecule has 1 saturated heterocycles. The van der Waals surface area contributed by atoms with Gasteiger partial charge in [0.15, 0.2) is 11.3 Å². The maximum atomic E-state index is 5.97. The molecule has 0 spiro atoms. The van der Waals surface area contributed by atoms with Crippen molar-refractivity contribution in [2.75, 3.05) is 52.3 Å². The van der Waals surface area contributed by atoms with Crippen molar-refractivity contribution in [1.82, 2.24) is 35.3 Å². The molecule has 2 aromatic carbocycles. The zero-order chi connectivity index (χ0) is 30.8. The molecule has 4 aromatic heterocycles. The largest absolute Gasteiger partial charge is 0.496 e. The van der Waals surface area contributed by atoms with Crippen molar-refractivity contribution in [1.29, 1.82) is 0 Å². The monoisotopic (exact) mass is 694 g/mol. The van der Waals surface area contributed by atoms with E-state index in [2.05, 4.69) is 75.3 Å². The van der Waals surface area contributed by atoms with E-state index >= 15 is 0 Å². The molecule has 1 aliphatic heterocycles. The molecule has 5 heterocycles. The fourth-order valence-electron chi connectivity index (χ4n) is 5.19. The predicted octanol–water partition coefficient (Wildman–Crippen LogP) is 7.09. The lowest BCUT2D eigenvalue weighted by Gasteiger charge is -2.34. The number of aromatic amines is 2. The van der Waals surface area contributed by atoms with Gasteiger partial charge in [-0.05, 0) is 67.7 Å². The molecular weight excluding hydrogens is 667 g/mol. The molecule has 2 N–H and O–H groups in total. The highest BCUT2D eigenvalue weighted by Gasteiger charge is 2.19. The van der Waals surface area contributed by atoms with Crippen LogP contribution in [-0.2, 0) is 0 Å². The van der Waals surface area contributed by atoms with Gasteiger partial charge >= 0.3 is 0 Å². The second kappa shape index (κ2) is 13.0. The zero-order valence-electron chi connectivity index (χ0n) is 24.2. The average molecular weight is 696 g/mol. The lowest BCUT2D eigenvalue weighted by atomic mass is 10.1. The maximum Gasteiger partial charge on any atom is 0.182 e. The summed E-state index contributed by atoms with van der Waals surface area (Å²) in [6, 6.07) is 19.4. The van der Waals surface area contributed by atoms with Crippen molar-refractivity contribution < 1.29 is 9.47 Å². The Labute approximate surface area is 272 Å². The molecule has 0 radical (unpaired) electrons. The third kappa shape index (κ3) is 6.18. The number of nitrogens with zero attached hydrogens (tertiary/aromatic N) is 6. The molecule has 1 aliphatic rings. The minimum Gasteiger partial charge on any atom is -0.496 e. The molecule has 0 atom stereocenters. The fraction of sp³-hybridized carbons (Fsp3) is 0.226. The van der Waals surface area contributed by atoms with E-state index in [0.29, 0.717) is 21.6 Å². The molecule has 44 heavy (non-hydrogen) atoms. The molecule has 1 fully saturated rings. The summed E-state index contributed by atoms with van der Waals surface area (Å²) in [5.41, 5.74) is 6.03. The molecule has 13 heteroatoms. The van der Waals surface area contributed by atoms with Crippen LogP contribution in [0.5, 0.6) is 11.5 Å². The van der Waals surface area contributed by atoms with Crippen LogP contribution >= 0.6 is 39.1 Å². The van der Waals surface area contributed by atoms with Gasteiger partial charge in [-0.2, -0.15) is 10.2 Å². The number of fused-ring (bicyclic) bond motifs is 2. The number of ether oxygens (including phenoxy) is 2. The predicted molar refractivity (Wildman–Crippen MR) is 179 cm³/mol. The van der Waals surface area contributed by atoms with Crippen LogP contribution in [-0.4, -0.2) is 82.7 Å². The van der Waals surface area contributed by atoms with E-state index in [-0.39, 0.29) is 0 Å². The van der Waals surface area contributed by atoms with Crippen LogP contribution in [0.3, 0.4) is 0 Å². The number of aromatic nitrogens is 6. The average Bonchev–Trinajstić information content (AvgIpc) is 3.65.